The fourth-order valence-corrected chi connectivity index (χ4v) is 3.46. The van der Waals surface area contributed by atoms with Gasteiger partial charge in [0.2, 0.25) is 0 Å². The molecule has 8 nitrogen and oxygen atoms in total. The van der Waals surface area contributed by atoms with Crippen molar-refractivity contribution in [1.82, 2.24) is 25.8 Å². The largest absolute Gasteiger partial charge is 0.367 e. The molecule has 0 spiro atoms. The van der Waals surface area contributed by atoms with Crippen LogP contribution < -0.4 is 15.5 Å². The Hall–Kier alpha value is -3.56. The number of anilines is 1. The van der Waals surface area contributed by atoms with E-state index in [1.807, 2.05) is 23.1 Å². The number of hydrogen-bond donors (Lipinski definition) is 2. The molecule has 1 atom stereocenters. The molecule has 0 saturated carbocycles. The summed E-state index contributed by atoms with van der Waals surface area (Å²) in [5.74, 6) is 0.473. The first kappa shape index (κ1) is 20.7. The van der Waals surface area contributed by atoms with Gasteiger partial charge in [0.05, 0.1) is 5.69 Å². The number of rotatable bonds is 6. The molecule has 0 radical (unpaired) electrons. The van der Waals surface area contributed by atoms with Crippen molar-refractivity contribution in [3.05, 3.63) is 60.1 Å². The molecule has 0 aliphatic carbocycles. The lowest BCUT2D eigenvalue weighted by Gasteiger charge is -2.20. The monoisotopic (exact) mass is 427 g/mol. The molecule has 31 heavy (non-hydrogen) atoms. The SMILES string of the molecule is CN=C(NCCc1noc(-c2ccccn2)n1)NC1CCN(c2ccc(F)cc2F)C1. The molecule has 2 aromatic heterocycles. The van der Waals surface area contributed by atoms with Crippen molar-refractivity contribution in [1.29, 1.82) is 0 Å². The van der Waals surface area contributed by atoms with E-state index in [1.165, 1.54) is 12.1 Å². The van der Waals surface area contributed by atoms with Crippen LogP contribution >= 0.6 is 0 Å². The van der Waals surface area contributed by atoms with Crippen LogP contribution in [0.15, 0.2) is 52.1 Å². The number of halogens is 2. The molecular weight excluding hydrogens is 404 g/mol. The Balaban J connectivity index is 1.25. The third-order valence-corrected chi connectivity index (χ3v) is 5.00. The van der Waals surface area contributed by atoms with Gasteiger partial charge in [-0.1, -0.05) is 11.2 Å². The van der Waals surface area contributed by atoms with E-state index in [9.17, 15) is 8.78 Å². The average Bonchev–Trinajstić information content (AvgIpc) is 3.43. The van der Waals surface area contributed by atoms with Crippen LogP contribution in [0.4, 0.5) is 14.5 Å². The molecule has 2 N–H and O–H groups in total. The smallest absolute Gasteiger partial charge is 0.276 e. The van der Waals surface area contributed by atoms with Gasteiger partial charge in [-0.3, -0.25) is 9.98 Å². The lowest BCUT2D eigenvalue weighted by molar-refractivity contribution is 0.421. The van der Waals surface area contributed by atoms with E-state index in [4.69, 9.17) is 4.52 Å². The molecule has 4 rings (SSSR count). The summed E-state index contributed by atoms with van der Waals surface area (Å²) in [5.41, 5.74) is 1.05. The molecule has 0 amide bonds. The minimum Gasteiger partial charge on any atom is -0.367 e. The molecule has 0 bridgehead atoms. The molecule has 1 aliphatic rings. The number of nitrogens with zero attached hydrogens (tertiary/aromatic N) is 5. The maximum atomic E-state index is 14.0. The first-order chi connectivity index (χ1) is 15.1. The molecule has 1 unspecified atom stereocenters. The van der Waals surface area contributed by atoms with Gasteiger partial charge >= 0.3 is 0 Å². The van der Waals surface area contributed by atoms with Crippen LogP contribution in [0, 0.1) is 11.6 Å². The van der Waals surface area contributed by atoms with Crippen molar-refractivity contribution in [2.45, 2.75) is 18.9 Å². The van der Waals surface area contributed by atoms with E-state index in [2.05, 4.69) is 30.8 Å². The molecule has 162 valence electrons. The van der Waals surface area contributed by atoms with Crippen molar-refractivity contribution in [2.24, 2.45) is 4.99 Å². The second-order valence-electron chi connectivity index (χ2n) is 7.15. The van der Waals surface area contributed by atoms with Crippen LogP contribution in [-0.2, 0) is 6.42 Å². The van der Waals surface area contributed by atoms with Gasteiger partial charge in [0.15, 0.2) is 11.8 Å². The second-order valence-corrected chi connectivity index (χ2v) is 7.15. The fraction of sp³-hybridized carbons (Fsp3) is 0.333. The summed E-state index contributed by atoms with van der Waals surface area (Å²) in [5, 5.41) is 10.5. The Morgan fingerprint density at radius 1 is 1.29 bits per heavy atom. The van der Waals surface area contributed by atoms with Gasteiger partial charge in [-0.25, -0.2) is 8.78 Å². The number of aromatic nitrogens is 3. The van der Waals surface area contributed by atoms with E-state index in [0.29, 0.717) is 55.1 Å². The first-order valence-electron chi connectivity index (χ1n) is 10.0. The highest BCUT2D eigenvalue weighted by Crippen LogP contribution is 2.24. The van der Waals surface area contributed by atoms with Crippen molar-refractivity contribution < 1.29 is 13.3 Å². The van der Waals surface area contributed by atoms with Crippen LogP contribution in [0.2, 0.25) is 0 Å². The van der Waals surface area contributed by atoms with Crippen LogP contribution in [0.25, 0.3) is 11.6 Å². The van der Waals surface area contributed by atoms with Gasteiger partial charge in [0, 0.05) is 51.4 Å². The number of benzene rings is 1. The maximum absolute atomic E-state index is 14.0. The minimum atomic E-state index is -0.575. The Morgan fingerprint density at radius 2 is 2.19 bits per heavy atom. The molecular formula is C21H23F2N7O. The first-order valence-corrected chi connectivity index (χ1v) is 10.0. The van der Waals surface area contributed by atoms with Gasteiger partial charge in [-0.15, -0.1) is 0 Å². The van der Waals surface area contributed by atoms with Crippen molar-refractivity contribution in [2.75, 3.05) is 31.6 Å². The summed E-state index contributed by atoms with van der Waals surface area (Å²) in [6, 6.07) is 9.25. The van der Waals surface area contributed by atoms with E-state index >= 15 is 0 Å². The lowest BCUT2D eigenvalue weighted by atomic mass is 10.2. The summed E-state index contributed by atoms with van der Waals surface area (Å²) in [6.45, 7) is 1.84. The van der Waals surface area contributed by atoms with E-state index in [1.54, 1.807) is 13.2 Å². The second kappa shape index (κ2) is 9.50. The van der Waals surface area contributed by atoms with Crippen LogP contribution in [0.5, 0.6) is 0 Å². The third-order valence-electron chi connectivity index (χ3n) is 5.00. The summed E-state index contributed by atoms with van der Waals surface area (Å²) >= 11 is 0. The number of guanidine groups is 1. The summed E-state index contributed by atoms with van der Waals surface area (Å²) < 4.78 is 32.4. The van der Waals surface area contributed by atoms with Crippen LogP contribution in [-0.4, -0.2) is 53.8 Å². The summed E-state index contributed by atoms with van der Waals surface area (Å²) in [7, 11) is 1.69. The summed E-state index contributed by atoms with van der Waals surface area (Å²) in [4.78, 5) is 14.7. The molecule has 1 aliphatic heterocycles. The van der Waals surface area contributed by atoms with Gasteiger partial charge in [0.25, 0.3) is 5.89 Å². The quantitative estimate of drug-likeness (QED) is 0.461. The Morgan fingerprint density at radius 3 is 2.97 bits per heavy atom. The van der Waals surface area contributed by atoms with Gasteiger partial charge in [-0.2, -0.15) is 4.98 Å². The topological polar surface area (TPSA) is 91.5 Å². The van der Waals surface area contributed by atoms with E-state index in [-0.39, 0.29) is 6.04 Å². The summed E-state index contributed by atoms with van der Waals surface area (Å²) in [6.07, 6.45) is 3.04. The highest BCUT2D eigenvalue weighted by atomic mass is 19.1. The zero-order valence-corrected chi connectivity index (χ0v) is 17.1. The zero-order chi connectivity index (χ0) is 21.6. The number of nitrogens with one attached hydrogen (secondary N) is 2. The highest BCUT2D eigenvalue weighted by Gasteiger charge is 2.25. The van der Waals surface area contributed by atoms with E-state index in [0.717, 1.165) is 12.5 Å². The van der Waals surface area contributed by atoms with Crippen molar-refractivity contribution in [3.63, 3.8) is 0 Å². The predicted molar refractivity (Wildman–Crippen MR) is 113 cm³/mol. The standard InChI is InChI=1S/C21H23F2N7O/c1-24-21(26-10-7-19-28-20(31-29-19)17-4-2-3-9-25-17)27-15-8-11-30(13-15)18-6-5-14(22)12-16(18)23/h2-6,9,12,15H,7-8,10-11,13H2,1H3,(H2,24,26,27). The van der Waals surface area contributed by atoms with Crippen LogP contribution in [0.3, 0.4) is 0 Å². The molecule has 1 fully saturated rings. The fourth-order valence-electron chi connectivity index (χ4n) is 3.46. The maximum Gasteiger partial charge on any atom is 0.276 e. The number of hydrogen-bond acceptors (Lipinski definition) is 6. The lowest BCUT2D eigenvalue weighted by Crippen LogP contribution is -2.45. The van der Waals surface area contributed by atoms with E-state index < -0.39 is 11.6 Å². The molecule has 3 aromatic rings. The van der Waals surface area contributed by atoms with Gasteiger partial charge < -0.3 is 20.1 Å². The van der Waals surface area contributed by atoms with Crippen molar-refractivity contribution >= 4 is 11.6 Å². The molecule has 1 aromatic carbocycles. The Bertz CT molecular complexity index is 1040. The predicted octanol–water partition coefficient (Wildman–Crippen LogP) is 2.40. The average molecular weight is 427 g/mol. The minimum absolute atomic E-state index is 0.0941. The molecule has 1 saturated heterocycles. The Labute approximate surface area is 178 Å². The molecule has 10 heteroatoms. The zero-order valence-electron chi connectivity index (χ0n) is 17.1. The highest BCUT2D eigenvalue weighted by molar-refractivity contribution is 5.80. The van der Waals surface area contributed by atoms with Crippen LogP contribution in [0.1, 0.15) is 12.2 Å². The van der Waals surface area contributed by atoms with Gasteiger partial charge in [-0.05, 0) is 30.7 Å². The van der Waals surface area contributed by atoms with Crippen molar-refractivity contribution in [3.8, 4) is 11.6 Å². The third kappa shape index (κ3) is 5.14. The molecule has 3 heterocycles. The number of aliphatic imine (C=N–C) groups is 1. The number of pyridine rings is 1. The Kier molecular flexibility index (Phi) is 6.34. The normalized spacial score (nSPS) is 16.5. The van der Waals surface area contributed by atoms with Gasteiger partial charge in [0.1, 0.15) is 17.3 Å².